The molecule has 0 saturated heterocycles. The third-order valence-corrected chi connectivity index (χ3v) is 2.04. The number of pyridine rings is 1. The molecule has 6 heteroatoms. The third-order valence-electron chi connectivity index (χ3n) is 2.04. The van der Waals surface area contributed by atoms with E-state index in [2.05, 4.69) is 4.98 Å². The minimum Gasteiger partial charge on any atom is -0.457 e. The Kier molecular flexibility index (Phi) is 4.62. The standard InChI is InChI=1S/C12H10FN3O.ClH/c13-8-2-1-3-9(6-8)17-10-4-5-16-11(7-10)12(14)15;/h1-7H,(H3,14,15);1H. The number of nitrogen functional groups attached to an aromatic ring is 1. The Labute approximate surface area is 110 Å². The van der Waals surface area contributed by atoms with E-state index >= 15 is 0 Å². The molecule has 0 spiro atoms. The van der Waals surface area contributed by atoms with Crippen molar-refractivity contribution in [3.05, 3.63) is 54.1 Å². The lowest BCUT2D eigenvalue weighted by Crippen LogP contribution is -2.12. The van der Waals surface area contributed by atoms with Gasteiger partial charge in [-0.2, -0.15) is 0 Å². The minimum absolute atomic E-state index is 0. The van der Waals surface area contributed by atoms with Crippen LogP contribution >= 0.6 is 12.4 Å². The van der Waals surface area contributed by atoms with Crippen LogP contribution in [0.5, 0.6) is 11.5 Å². The van der Waals surface area contributed by atoms with Gasteiger partial charge in [0.1, 0.15) is 28.8 Å². The van der Waals surface area contributed by atoms with Crippen molar-refractivity contribution in [2.75, 3.05) is 0 Å². The Morgan fingerprint density at radius 1 is 1.22 bits per heavy atom. The molecule has 4 nitrogen and oxygen atoms in total. The van der Waals surface area contributed by atoms with Gasteiger partial charge >= 0.3 is 0 Å². The molecule has 1 heterocycles. The summed E-state index contributed by atoms with van der Waals surface area (Å²) in [4.78, 5) is 3.89. The Hall–Kier alpha value is -2.14. The molecule has 0 bridgehead atoms. The van der Waals surface area contributed by atoms with Crippen molar-refractivity contribution in [3.8, 4) is 11.5 Å². The second kappa shape index (κ2) is 5.97. The summed E-state index contributed by atoms with van der Waals surface area (Å²) in [6.07, 6.45) is 1.48. The molecular formula is C12H11ClFN3O. The van der Waals surface area contributed by atoms with E-state index in [1.807, 2.05) is 0 Å². The predicted molar refractivity (Wildman–Crippen MR) is 69.0 cm³/mol. The summed E-state index contributed by atoms with van der Waals surface area (Å²) in [6.45, 7) is 0. The van der Waals surface area contributed by atoms with Gasteiger partial charge in [-0.05, 0) is 18.2 Å². The molecule has 0 atom stereocenters. The van der Waals surface area contributed by atoms with Gasteiger partial charge in [-0.15, -0.1) is 12.4 Å². The van der Waals surface area contributed by atoms with Gasteiger partial charge in [-0.25, -0.2) is 4.39 Å². The minimum atomic E-state index is -0.372. The average Bonchev–Trinajstić information content (AvgIpc) is 2.29. The average molecular weight is 268 g/mol. The van der Waals surface area contributed by atoms with E-state index < -0.39 is 0 Å². The van der Waals surface area contributed by atoms with Crippen molar-refractivity contribution in [3.63, 3.8) is 0 Å². The summed E-state index contributed by atoms with van der Waals surface area (Å²) in [5.74, 6) is 0.319. The van der Waals surface area contributed by atoms with Crippen LogP contribution in [0.25, 0.3) is 0 Å². The Morgan fingerprint density at radius 3 is 2.61 bits per heavy atom. The molecule has 0 fully saturated rings. The highest BCUT2D eigenvalue weighted by Gasteiger charge is 2.02. The molecule has 0 unspecified atom stereocenters. The number of nitrogens with one attached hydrogen (secondary N) is 1. The number of hydrogen-bond donors (Lipinski definition) is 2. The molecule has 0 amide bonds. The number of nitrogens with two attached hydrogens (primary N) is 1. The lowest BCUT2D eigenvalue weighted by molar-refractivity contribution is 0.476. The van der Waals surface area contributed by atoms with Crippen LogP contribution in [0.2, 0.25) is 0 Å². The number of ether oxygens (including phenoxy) is 1. The summed E-state index contributed by atoms with van der Waals surface area (Å²) in [5.41, 5.74) is 5.62. The van der Waals surface area contributed by atoms with E-state index in [0.29, 0.717) is 17.2 Å². The second-order valence-corrected chi connectivity index (χ2v) is 3.35. The largest absolute Gasteiger partial charge is 0.457 e. The number of amidine groups is 1. The second-order valence-electron chi connectivity index (χ2n) is 3.35. The van der Waals surface area contributed by atoms with Gasteiger partial charge in [0.15, 0.2) is 0 Å². The Morgan fingerprint density at radius 2 is 1.94 bits per heavy atom. The Balaban J connectivity index is 0.00000162. The summed E-state index contributed by atoms with van der Waals surface area (Å²) in [6, 6.07) is 8.92. The van der Waals surface area contributed by atoms with Gasteiger partial charge < -0.3 is 10.5 Å². The lowest BCUT2D eigenvalue weighted by atomic mass is 10.3. The smallest absolute Gasteiger partial charge is 0.141 e. The molecule has 2 rings (SSSR count). The summed E-state index contributed by atoms with van der Waals surface area (Å²) < 4.78 is 18.3. The van der Waals surface area contributed by atoms with Gasteiger partial charge in [-0.1, -0.05) is 6.07 Å². The summed E-state index contributed by atoms with van der Waals surface area (Å²) in [5, 5.41) is 7.25. The maximum Gasteiger partial charge on any atom is 0.141 e. The molecule has 0 aliphatic rings. The molecule has 3 N–H and O–H groups in total. The number of halogens is 2. The fraction of sp³-hybridized carbons (Fsp3) is 0. The van der Waals surface area contributed by atoms with E-state index in [1.54, 1.807) is 18.2 Å². The molecule has 18 heavy (non-hydrogen) atoms. The first-order valence-corrected chi connectivity index (χ1v) is 4.89. The molecule has 94 valence electrons. The fourth-order valence-corrected chi connectivity index (χ4v) is 1.29. The highest BCUT2D eigenvalue weighted by molar-refractivity contribution is 5.93. The SMILES string of the molecule is Cl.N=C(N)c1cc(Oc2cccc(F)c2)ccn1. The number of benzene rings is 1. The van der Waals surface area contributed by atoms with Crippen LogP contribution in [-0.4, -0.2) is 10.8 Å². The number of aromatic nitrogens is 1. The molecule has 0 saturated carbocycles. The highest BCUT2D eigenvalue weighted by atomic mass is 35.5. The zero-order chi connectivity index (χ0) is 12.3. The van der Waals surface area contributed by atoms with E-state index in [1.165, 1.54) is 24.4 Å². The third kappa shape index (κ3) is 3.43. The molecule has 1 aromatic heterocycles. The van der Waals surface area contributed by atoms with Gasteiger partial charge in [-0.3, -0.25) is 10.4 Å². The predicted octanol–water partition coefficient (Wildman–Crippen LogP) is 2.72. The van der Waals surface area contributed by atoms with Crippen molar-refractivity contribution in [1.82, 2.24) is 4.98 Å². The fourth-order valence-electron chi connectivity index (χ4n) is 1.29. The van der Waals surface area contributed by atoms with Crippen molar-refractivity contribution >= 4 is 18.2 Å². The highest BCUT2D eigenvalue weighted by Crippen LogP contribution is 2.21. The van der Waals surface area contributed by atoms with E-state index in [0.717, 1.165) is 0 Å². The van der Waals surface area contributed by atoms with Gasteiger partial charge in [0.25, 0.3) is 0 Å². The van der Waals surface area contributed by atoms with Crippen LogP contribution in [0.15, 0.2) is 42.6 Å². The van der Waals surface area contributed by atoms with Gasteiger partial charge in [0.2, 0.25) is 0 Å². The number of hydrogen-bond acceptors (Lipinski definition) is 3. The molecule has 0 aliphatic heterocycles. The van der Waals surface area contributed by atoms with Crippen LogP contribution in [-0.2, 0) is 0 Å². The van der Waals surface area contributed by atoms with E-state index in [9.17, 15) is 4.39 Å². The number of rotatable bonds is 3. The van der Waals surface area contributed by atoms with Crippen molar-refractivity contribution < 1.29 is 9.13 Å². The van der Waals surface area contributed by atoms with Crippen molar-refractivity contribution in [2.24, 2.45) is 5.73 Å². The van der Waals surface area contributed by atoms with E-state index in [-0.39, 0.29) is 24.1 Å². The molecule has 1 aromatic carbocycles. The van der Waals surface area contributed by atoms with Crippen LogP contribution in [0.3, 0.4) is 0 Å². The zero-order valence-electron chi connectivity index (χ0n) is 9.26. The topological polar surface area (TPSA) is 72.0 Å². The van der Waals surface area contributed by atoms with E-state index in [4.69, 9.17) is 15.9 Å². The van der Waals surface area contributed by atoms with Crippen LogP contribution in [0, 0.1) is 11.2 Å². The first kappa shape index (κ1) is 13.9. The van der Waals surface area contributed by atoms with Crippen molar-refractivity contribution in [2.45, 2.75) is 0 Å². The maximum absolute atomic E-state index is 12.9. The molecular weight excluding hydrogens is 257 g/mol. The van der Waals surface area contributed by atoms with Crippen molar-refractivity contribution in [1.29, 1.82) is 5.41 Å². The van der Waals surface area contributed by atoms with Gasteiger partial charge in [0, 0.05) is 18.3 Å². The normalized spacial score (nSPS) is 9.39. The summed E-state index contributed by atoms with van der Waals surface area (Å²) in [7, 11) is 0. The number of nitrogens with zero attached hydrogens (tertiary/aromatic N) is 1. The lowest BCUT2D eigenvalue weighted by Gasteiger charge is -2.06. The molecule has 0 radical (unpaired) electrons. The van der Waals surface area contributed by atoms with Crippen LogP contribution in [0.4, 0.5) is 4.39 Å². The monoisotopic (exact) mass is 267 g/mol. The van der Waals surface area contributed by atoms with Gasteiger partial charge in [0.05, 0.1) is 0 Å². The maximum atomic E-state index is 12.9. The zero-order valence-corrected chi connectivity index (χ0v) is 10.1. The van der Waals surface area contributed by atoms with Crippen LogP contribution < -0.4 is 10.5 Å². The Bertz CT molecular complexity index is 563. The van der Waals surface area contributed by atoms with Crippen LogP contribution in [0.1, 0.15) is 5.69 Å². The molecule has 2 aromatic rings. The first-order valence-electron chi connectivity index (χ1n) is 4.89. The summed E-state index contributed by atoms with van der Waals surface area (Å²) >= 11 is 0. The first-order chi connectivity index (χ1) is 8.15. The quantitative estimate of drug-likeness (QED) is 0.663. The molecule has 0 aliphatic carbocycles.